The van der Waals surface area contributed by atoms with E-state index in [-0.39, 0.29) is 18.3 Å². The van der Waals surface area contributed by atoms with Crippen LogP contribution in [0.5, 0.6) is 0 Å². The van der Waals surface area contributed by atoms with Gasteiger partial charge in [-0.2, -0.15) is 5.10 Å². The zero-order valence-corrected chi connectivity index (χ0v) is 10.5. The van der Waals surface area contributed by atoms with E-state index >= 15 is 0 Å². The molecule has 7 heteroatoms. The van der Waals surface area contributed by atoms with E-state index in [0.29, 0.717) is 13.0 Å². The monoisotopic (exact) mass is 259 g/mol. The first-order valence-electron chi connectivity index (χ1n) is 5.67. The van der Waals surface area contributed by atoms with Crippen molar-refractivity contribution in [1.29, 1.82) is 0 Å². The van der Waals surface area contributed by atoms with E-state index in [9.17, 15) is 4.79 Å². The summed E-state index contributed by atoms with van der Waals surface area (Å²) in [7, 11) is 0. The average Bonchev–Trinajstić information content (AvgIpc) is 2.66. The van der Waals surface area contributed by atoms with Gasteiger partial charge in [0.1, 0.15) is 12.7 Å². The Balaban J connectivity index is 0.00000144. The molecule has 2 heterocycles. The van der Waals surface area contributed by atoms with Gasteiger partial charge in [-0.25, -0.2) is 4.98 Å². The molecule has 0 spiro atoms. The molecule has 0 radical (unpaired) electrons. The van der Waals surface area contributed by atoms with E-state index in [2.05, 4.69) is 15.4 Å². The van der Waals surface area contributed by atoms with E-state index in [1.54, 1.807) is 11.0 Å². The number of aromatic nitrogens is 3. The highest BCUT2D eigenvalue weighted by Crippen LogP contribution is 2.00. The Bertz CT molecular complexity index is 321. The van der Waals surface area contributed by atoms with E-state index in [1.807, 2.05) is 4.90 Å². The molecule has 1 aromatic rings. The number of rotatable bonds is 3. The molecule has 6 nitrogen and oxygen atoms in total. The SMILES string of the molecule is Cl.O=C(CCn1cncn1)N1CCCNCC1. The summed E-state index contributed by atoms with van der Waals surface area (Å²) in [5.41, 5.74) is 0. The smallest absolute Gasteiger partial charge is 0.224 e. The van der Waals surface area contributed by atoms with Gasteiger partial charge in [-0.05, 0) is 13.0 Å². The Morgan fingerprint density at radius 1 is 1.35 bits per heavy atom. The Hall–Kier alpha value is -1.14. The third-order valence-corrected chi connectivity index (χ3v) is 2.71. The molecule has 96 valence electrons. The van der Waals surface area contributed by atoms with Gasteiger partial charge in [-0.3, -0.25) is 9.48 Å². The number of halogens is 1. The lowest BCUT2D eigenvalue weighted by Gasteiger charge is -2.19. The lowest BCUT2D eigenvalue weighted by atomic mass is 10.3. The standard InChI is InChI=1S/C10H17N5O.ClH/c16-10(2-6-15-9-12-8-13-15)14-5-1-3-11-4-7-14;/h8-9,11H,1-7H2;1H. The fraction of sp³-hybridized carbons (Fsp3) is 0.700. The molecular weight excluding hydrogens is 242 g/mol. The van der Waals surface area contributed by atoms with Crippen molar-refractivity contribution in [3.63, 3.8) is 0 Å². The zero-order chi connectivity index (χ0) is 11.2. The first-order valence-corrected chi connectivity index (χ1v) is 5.67. The summed E-state index contributed by atoms with van der Waals surface area (Å²) in [5, 5.41) is 7.25. The van der Waals surface area contributed by atoms with Crippen molar-refractivity contribution in [3.05, 3.63) is 12.7 Å². The predicted molar refractivity (Wildman–Crippen MR) is 66.0 cm³/mol. The molecule has 1 aliphatic rings. The largest absolute Gasteiger partial charge is 0.341 e. The second kappa shape index (κ2) is 7.24. The molecule has 0 saturated carbocycles. The number of nitrogens with one attached hydrogen (secondary N) is 1. The van der Waals surface area contributed by atoms with Crippen molar-refractivity contribution in [3.8, 4) is 0 Å². The summed E-state index contributed by atoms with van der Waals surface area (Å²) in [6, 6.07) is 0. The van der Waals surface area contributed by atoms with Gasteiger partial charge in [0, 0.05) is 26.1 Å². The second-order valence-electron chi connectivity index (χ2n) is 3.89. The number of carbonyl (C=O) groups is 1. The molecule has 0 aliphatic carbocycles. The van der Waals surface area contributed by atoms with E-state index in [0.717, 1.165) is 32.6 Å². The van der Waals surface area contributed by atoms with Crippen LogP contribution in [0.4, 0.5) is 0 Å². The van der Waals surface area contributed by atoms with E-state index < -0.39 is 0 Å². The fourth-order valence-corrected chi connectivity index (χ4v) is 1.81. The fourth-order valence-electron chi connectivity index (χ4n) is 1.81. The van der Waals surface area contributed by atoms with Crippen molar-refractivity contribution in [2.24, 2.45) is 0 Å². The van der Waals surface area contributed by atoms with Crippen molar-refractivity contribution < 1.29 is 4.79 Å². The highest BCUT2D eigenvalue weighted by Gasteiger charge is 2.14. The number of aryl methyl sites for hydroxylation is 1. The van der Waals surface area contributed by atoms with Crippen molar-refractivity contribution in [2.45, 2.75) is 19.4 Å². The summed E-state index contributed by atoms with van der Waals surface area (Å²) >= 11 is 0. The summed E-state index contributed by atoms with van der Waals surface area (Å²) in [6.07, 6.45) is 4.66. The van der Waals surface area contributed by atoms with Crippen LogP contribution >= 0.6 is 12.4 Å². The van der Waals surface area contributed by atoms with Crippen LogP contribution < -0.4 is 5.32 Å². The van der Waals surface area contributed by atoms with Gasteiger partial charge in [0.25, 0.3) is 0 Å². The second-order valence-corrected chi connectivity index (χ2v) is 3.89. The van der Waals surface area contributed by atoms with Crippen LogP contribution in [0.25, 0.3) is 0 Å². The third kappa shape index (κ3) is 4.32. The lowest BCUT2D eigenvalue weighted by Crippen LogP contribution is -2.34. The van der Waals surface area contributed by atoms with Crippen LogP contribution in [0, 0.1) is 0 Å². The maximum absolute atomic E-state index is 11.9. The predicted octanol–water partition coefficient (Wildman–Crippen LogP) is -0.0881. The molecule has 0 unspecified atom stereocenters. The summed E-state index contributed by atoms with van der Waals surface area (Å²) in [5.74, 6) is 0.208. The molecule has 1 aromatic heterocycles. The maximum atomic E-state index is 11.9. The minimum absolute atomic E-state index is 0. The molecular formula is C10H18ClN5O. The Kier molecular flexibility index (Phi) is 5.93. The van der Waals surface area contributed by atoms with Crippen LogP contribution in [0.2, 0.25) is 0 Å². The van der Waals surface area contributed by atoms with Gasteiger partial charge in [0.05, 0.1) is 6.54 Å². The first-order chi connectivity index (χ1) is 7.86. The quantitative estimate of drug-likeness (QED) is 0.824. The Morgan fingerprint density at radius 3 is 3.00 bits per heavy atom. The first kappa shape index (κ1) is 13.9. The molecule has 1 saturated heterocycles. The van der Waals surface area contributed by atoms with Gasteiger partial charge in [0.2, 0.25) is 5.91 Å². The van der Waals surface area contributed by atoms with E-state index in [1.165, 1.54) is 6.33 Å². The lowest BCUT2D eigenvalue weighted by molar-refractivity contribution is -0.131. The summed E-state index contributed by atoms with van der Waals surface area (Å²) < 4.78 is 1.69. The van der Waals surface area contributed by atoms with E-state index in [4.69, 9.17) is 0 Å². The van der Waals surface area contributed by atoms with Crippen molar-refractivity contribution >= 4 is 18.3 Å². The molecule has 0 bridgehead atoms. The molecule has 0 aromatic carbocycles. The number of carbonyl (C=O) groups excluding carboxylic acids is 1. The Morgan fingerprint density at radius 2 is 2.24 bits per heavy atom. The van der Waals surface area contributed by atoms with Crippen LogP contribution in [0.3, 0.4) is 0 Å². The number of hydrogen-bond donors (Lipinski definition) is 1. The highest BCUT2D eigenvalue weighted by molar-refractivity contribution is 5.85. The Labute approximate surface area is 107 Å². The van der Waals surface area contributed by atoms with Gasteiger partial charge in [0.15, 0.2) is 0 Å². The molecule has 17 heavy (non-hydrogen) atoms. The van der Waals surface area contributed by atoms with Crippen molar-refractivity contribution in [1.82, 2.24) is 25.0 Å². The molecule has 2 rings (SSSR count). The topological polar surface area (TPSA) is 63.1 Å². The molecule has 0 atom stereocenters. The summed E-state index contributed by atoms with van der Waals surface area (Å²) in [6.45, 7) is 4.20. The van der Waals surface area contributed by atoms with Gasteiger partial charge in [-0.15, -0.1) is 12.4 Å². The van der Waals surface area contributed by atoms with Crippen LogP contribution in [-0.4, -0.2) is 51.8 Å². The molecule has 1 fully saturated rings. The number of nitrogens with zero attached hydrogens (tertiary/aromatic N) is 4. The average molecular weight is 260 g/mol. The normalized spacial score (nSPS) is 16.1. The highest BCUT2D eigenvalue weighted by atomic mass is 35.5. The van der Waals surface area contributed by atoms with Gasteiger partial charge >= 0.3 is 0 Å². The number of hydrogen-bond acceptors (Lipinski definition) is 4. The number of amides is 1. The minimum atomic E-state index is 0. The molecule has 1 aliphatic heterocycles. The maximum Gasteiger partial charge on any atom is 0.224 e. The molecule has 1 N–H and O–H groups in total. The van der Waals surface area contributed by atoms with Crippen LogP contribution in [0.15, 0.2) is 12.7 Å². The third-order valence-electron chi connectivity index (χ3n) is 2.71. The molecule has 1 amide bonds. The zero-order valence-electron chi connectivity index (χ0n) is 9.71. The van der Waals surface area contributed by atoms with Crippen molar-refractivity contribution in [2.75, 3.05) is 26.2 Å². The van der Waals surface area contributed by atoms with Crippen LogP contribution in [-0.2, 0) is 11.3 Å². The van der Waals surface area contributed by atoms with Gasteiger partial charge < -0.3 is 10.2 Å². The van der Waals surface area contributed by atoms with Crippen LogP contribution in [0.1, 0.15) is 12.8 Å². The minimum Gasteiger partial charge on any atom is -0.341 e. The summed E-state index contributed by atoms with van der Waals surface area (Å²) in [4.78, 5) is 17.7. The van der Waals surface area contributed by atoms with Gasteiger partial charge in [-0.1, -0.05) is 0 Å².